The Balaban J connectivity index is 1.45. The fourth-order valence-corrected chi connectivity index (χ4v) is 3.61. The van der Waals surface area contributed by atoms with Gasteiger partial charge in [-0.25, -0.2) is 15.0 Å². The summed E-state index contributed by atoms with van der Waals surface area (Å²) < 4.78 is 11.3. The third-order valence-electron chi connectivity index (χ3n) is 5.67. The van der Waals surface area contributed by atoms with E-state index in [1.807, 2.05) is 24.5 Å². The van der Waals surface area contributed by atoms with Gasteiger partial charge in [0.05, 0.1) is 12.3 Å². The molecule has 0 bridgehead atoms. The van der Waals surface area contributed by atoms with Crippen LogP contribution in [0.2, 0.25) is 0 Å². The normalized spacial score (nSPS) is 12.1. The zero-order valence-electron chi connectivity index (χ0n) is 21.0. The summed E-state index contributed by atoms with van der Waals surface area (Å²) in [6.45, 7) is 9.38. The molecule has 3 aromatic rings. The number of benzene rings is 1. The molecule has 0 aliphatic rings. The summed E-state index contributed by atoms with van der Waals surface area (Å²) >= 11 is 0. The van der Waals surface area contributed by atoms with Crippen LogP contribution in [0.5, 0.6) is 5.75 Å². The summed E-state index contributed by atoms with van der Waals surface area (Å²) in [6.07, 6.45) is 18.8. The van der Waals surface area contributed by atoms with E-state index in [0.717, 1.165) is 37.0 Å². The van der Waals surface area contributed by atoms with Crippen LogP contribution in [0.25, 0.3) is 28.7 Å². The van der Waals surface area contributed by atoms with Crippen LogP contribution in [0.15, 0.2) is 73.7 Å². The predicted octanol–water partition coefficient (Wildman–Crippen LogP) is 7.55. The van der Waals surface area contributed by atoms with Gasteiger partial charge in [-0.1, -0.05) is 68.8 Å². The highest BCUT2D eigenvalue weighted by Crippen LogP contribution is 2.22. The van der Waals surface area contributed by atoms with Crippen molar-refractivity contribution in [1.82, 2.24) is 15.0 Å². The zero-order chi connectivity index (χ0) is 24.7. The van der Waals surface area contributed by atoms with Crippen molar-refractivity contribution in [3.8, 4) is 28.4 Å². The molecule has 184 valence electrons. The van der Waals surface area contributed by atoms with Gasteiger partial charge in [-0.3, -0.25) is 0 Å². The van der Waals surface area contributed by atoms with Crippen LogP contribution < -0.4 is 4.74 Å². The number of rotatable bonds is 15. The SMILES string of the molecule is C=CCOc1ccc(-c2ncc(-c3ccc(/C=C/CCCC(C)OCCCCC)cc3)cn2)nc1. The van der Waals surface area contributed by atoms with Gasteiger partial charge in [0.25, 0.3) is 0 Å². The molecule has 1 aromatic carbocycles. The number of hydrogen-bond donors (Lipinski definition) is 0. The van der Waals surface area contributed by atoms with Crippen LogP contribution in [0.3, 0.4) is 0 Å². The minimum atomic E-state index is 0.347. The first-order valence-corrected chi connectivity index (χ1v) is 12.6. The van der Waals surface area contributed by atoms with Gasteiger partial charge in [-0.05, 0) is 55.9 Å². The van der Waals surface area contributed by atoms with Gasteiger partial charge in [-0.2, -0.15) is 0 Å². The van der Waals surface area contributed by atoms with Crippen molar-refractivity contribution >= 4 is 6.08 Å². The molecular formula is C30H37N3O2. The summed E-state index contributed by atoms with van der Waals surface area (Å²) in [6, 6.07) is 12.2. The molecular weight excluding hydrogens is 434 g/mol. The highest BCUT2D eigenvalue weighted by Gasteiger charge is 2.05. The van der Waals surface area contributed by atoms with Crippen LogP contribution >= 0.6 is 0 Å². The summed E-state index contributed by atoms with van der Waals surface area (Å²) in [5.74, 6) is 1.28. The standard InChI is InChI=1S/C30H37N3O2/c1-4-6-10-20-34-24(3)11-8-7-9-12-25-13-15-26(16-14-25)27-21-32-30(33-22-27)29-18-17-28(23-31-29)35-19-5-2/h5,9,12-18,21-24H,2,4,6-8,10-11,19-20H2,1,3H3/b12-9+. The second-order valence-corrected chi connectivity index (χ2v) is 8.62. The molecule has 0 saturated heterocycles. The van der Waals surface area contributed by atoms with Gasteiger partial charge in [-0.15, -0.1) is 0 Å². The molecule has 35 heavy (non-hydrogen) atoms. The molecule has 2 heterocycles. The topological polar surface area (TPSA) is 57.1 Å². The second-order valence-electron chi connectivity index (χ2n) is 8.62. The van der Waals surface area contributed by atoms with Gasteiger partial charge in [0.2, 0.25) is 0 Å². The Kier molecular flexibility index (Phi) is 11.2. The molecule has 1 unspecified atom stereocenters. The smallest absolute Gasteiger partial charge is 0.178 e. The highest BCUT2D eigenvalue weighted by atomic mass is 16.5. The van der Waals surface area contributed by atoms with E-state index >= 15 is 0 Å². The van der Waals surface area contributed by atoms with E-state index in [9.17, 15) is 0 Å². The van der Waals surface area contributed by atoms with Crippen LogP contribution in [0, 0.1) is 0 Å². The van der Waals surface area contributed by atoms with Gasteiger partial charge >= 0.3 is 0 Å². The van der Waals surface area contributed by atoms with Crippen molar-refractivity contribution in [2.75, 3.05) is 13.2 Å². The van der Waals surface area contributed by atoms with E-state index in [1.54, 1.807) is 12.3 Å². The molecule has 2 aromatic heterocycles. The fraction of sp³-hybridized carbons (Fsp3) is 0.367. The monoisotopic (exact) mass is 471 g/mol. The number of unbranched alkanes of at least 4 members (excludes halogenated alkanes) is 3. The van der Waals surface area contributed by atoms with Crippen LogP contribution in [0.4, 0.5) is 0 Å². The van der Waals surface area contributed by atoms with Crippen molar-refractivity contribution in [1.29, 1.82) is 0 Å². The average molecular weight is 472 g/mol. The molecule has 0 fully saturated rings. The molecule has 0 amide bonds. The second kappa shape index (κ2) is 14.8. The average Bonchev–Trinajstić information content (AvgIpc) is 2.90. The quantitative estimate of drug-likeness (QED) is 0.169. The Morgan fingerprint density at radius 3 is 2.40 bits per heavy atom. The largest absolute Gasteiger partial charge is 0.488 e. The lowest BCUT2D eigenvalue weighted by Crippen LogP contribution is -2.08. The molecule has 5 nitrogen and oxygen atoms in total. The summed E-state index contributed by atoms with van der Waals surface area (Å²) in [5, 5.41) is 0. The van der Waals surface area contributed by atoms with E-state index in [4.69, 9.17) is 9.47 Å². The highest BCUT2D eigenvalue weighted by molar-refractivity contribution is 5.65. The zero-order valence-corrected chi connectivity index (χ0v) is 21.0. The van der Waals surface area contributed by atoms with Gasteiger partial charge in [0.1, 0.15) is 18.1 Å². The predicted molar refractivity (Wildman–Crippen MR) is 144 cm³/mol. The maximum absolute atomic E-state index is 5.87. The summed E-state index contributed by atoms with van der Waals surface area (Å²) in [7, 11) is 0. The number of ether oxygens (including phenoxy) is 2. The van der Waals surface area contributed by atoms with Crippen LogP contribution in [-0.4, -0.2) is 34.3 Å². The van der Waals surface area contributed by atoms with Crippen molar-refractivity contribution in [3.63, 3.8) is 0 Å². The third-order valence-corrected chi connectivity index (χ3v) is 5.67. The van der Waals surface area contributed by atoms with Crippen molar-refractivity contribution in [3.05, 3.63) is 79.3 Å². The molecule has 0 radical (unpaired) electrons. The van der Waals surface area contributed by atoms with Gasteiger partial charge in [0.15, 0.2) is 5.82 Å². The van der Waals surface area contributed by atoms with Gasteiger partial charge < -0.3 is 9.47 Å². The fourth-order valence-electron chi connectivity index (χ4n) is 3.61. The van der Waals surface area contributed by atoms with E-state index < -0.39 is 0 Å². The summed E-state index contributed by atoms with van der Waals surface area (Å²) in [4.78, 5) is 13.4. The lowest BCUT2D eigenvalue weighted by molar-refractivity contribution is 0.0566. The maximum atomic E-state index is 5.87. The molecule has 1 atom stereocenters. The number of allylic oxidation sites excluding steroid dienone is 1. The van der Waals surface area contributed by atoms with Crippen molar-refractivity contribution in [2.24, 2.45) is 0 Å². The molecule has 0 aliphatic heterocycles. The Morgan fingerprint density at radius 2 is 1.71 bits per heavy atom. The number of pyridine rings is 1. The third kappa shape index (κ3) is 9.10. The minimum Gasteiger partial charge on any atom is -0.488 e. The number of hydrogen-bond acceptors (Lipinski definition) is 5. The minimum absolute atomic E-state index is 0.347. The van der Waals surface area contributed by atoms with Crippen LogP contribution in [0.1, 0.15) is 57.9 Å². The molecule has 0 N–H and O–H groups in total. The lowest BCUT2D eigenvalue weighted by atomic mass is 10.1. The Labute approximate surface area is 210 Å². The summed E-state index contributed by atoms with van der Waals surface area (Å²) in [5.41, 5.74) is 3.96. The Bertz CT molecular complexity index is 1030. The van der Waals surface area contributed by atoms with E-state index in [-0.39, 0.29) is 0 Å². The molecule has 0 saturated carbocycles. The number of nitrogens with zero attached hydrogens (tertiary/aromatic N) is 3. The van der Waals surface area contributed by atoms with Gasteiger partial charge in [0, 0.05) is 24.6 Å². The first-order valence-electron chi connectivity index (χ1n) is 12.6. The Hall–Kier alpha value is -3.31. The van der Waals surface area contributed by atoms with Crippen LogP contribution in [-0.2, 0) is 4.74 Å². The number of aromatic nitrogens is 3. The molecule has 0 spiro atoms. The lowest BCUT2D eigenvalue weighted by Gasteiger charge is -2.12. The van der Waals surface area contributed by atoms with Crippen molar-refractivity contribution < 1.29 is 9.47 Å². The molecule has 3 rings (SSSR count). The van der Waals surface area contributed by atoms with E-state index in [2.05, 4.69) is 71.8 Å². The first kappa shape index (κ1) is 26.3. The van der Waals surface area contributed by atoms with E-state index in [1.165, 1.54) is 24.8 Å². The Morgan fingerprint density at radius 1 is 0.914 bits per heavy atom. The molecule has 5 heteroatoms. The first-order chi connectivity index (χ1) is 17.2. The maximum Gasteiger partial charge on any atom is 0.178 e. The van der Waals surface area contributed by atoms with Crippen molar-refractivity contribution in [2.45, 2.75) is 58.5 Å². The van der Waals surface area contributed by atoms with E-state index in [0.29, 0.717) is 30.0 Å². The molecule has 0 aliphatic carbocycles.